The molecule has 0 bridgehead atoms. The molecular weight excluding hydrogens is 734 g/mol. The van der Waals surface area contributed by atoms with Crippen LogP contribution in [0.25, 0.3) is 6.08 Å². The van der Waals surface area contributed by atoms with Crippen LogP contribution in [0.15, 0.2) is 51.4 Å². The van der Waals surface area contributed by atoms with Crippen LogP contribution in [0.2, 0.25) is 0 Å². The van der Waals surface area contributed by atoms with Gasteiger partial charge < -0.3 is 19.3 Å². The molecule has 1 aliphatic rings. The Hall–Kier alpha value is -2.39. The molecule has 11 heteroatoms. The second-order valence-corrected chi connectivity index (χ2v) is 11.6. The molecular formula is C27H26I2N2O6S. The van der Waals surface area contributed by atoms with E-state index in [0.29, 0.717) is 54.4 Å². The van der Waals surface area contributed by atoms with Gasteiger partial charge in [0.25, 0.3) is 5.56 Å². The van der Waals surface area contributed by atoms with Gasteiger partial charge in [-0.2, -0.15) is 0 Å². The maximum atomic E-state index is 13.9. The van der Waals surface area contributed by atoms with Gasteiger partial charge in [0.05, 0.1) is 45.2 Å². The number of carbonyl (C=O) groups is 1. The number of fused-ring (bicyclic) bond motifs is 1. The fourth-order valence-electron chi connectivity index (χ4n) is 4.18. The van der Waals surface area contributed by atoms with E-state index in [-0.39, 0.29) is 23.5 Å². The monoisotopic (exact) mass is 760 g/mol. The van der Waals surface area contributed by atoms with Crippen molar-refractivity contribution in [1.82, 2.24) is 4.57 Å². The van der Waals surface area contributed by atoms with E-state index in [1.165, 1.54) is 15.9 Å². The number of ether oxygens (including phenoxy) is 3. The molecule has 0 radical (unpaired) electrons. The first-order valence-corrected chi connectivity index (χ1v) is 14.9. The Balaban J connectivity index is 1.98. The van der Waals surface area contributed by atoms with Crippen molar-refractivity contribution >= 4 is 68.6 Å². The summed E-state index contributed by atoms with van der Waals surface area (Å²) in [5.41, 5.74) is 1.62. The molecule has 0 saturated heterocycles. The summed E-state index contributed by atoms with van der Waals surface area (Å²) in [6, 6.07) is 8.27. The van der Waals surface area contributed by atoms with Crippen molar-refractivity contribution in [2.75, 3.05) is 19.8 Å². The van der Waals surface area contributed by atoms with Crippen LogP contribution in [0, 0.1) is 7.14 Å². The third kappa shape index (κ3) is 5.64. The van der Waals surface area contributed by atoms with Crippen LogP contribution in [0.1, 0.15) is 44.9 Å². The van der Waals surface area contributed by atoms with Crippen molar-refractivity contribution in [1.29, 1.82) is 0 Å². The highest BCUT2D eigenvalue weighted by Gasteiger charge is 2.34. The molecule has 0 amide bonds. The number of phenolic OH excluding ortho intramolecular Hbond substituents is 1. The van der Waals surface area contributed by atoms with E-state index in [1.807, 2.05) is 32.0 Å². The zero-order valence-electron chi connectivity index (χ0n) is 21.2. The van der Waals surface area contributed by atoms with Crippen molar-refractivity contribution in [3.63, 3.8) is 0 Å². The number of hydrogen-bond donors (Lipinski definition) is 1. The number of carbonyl (C=O) groups excluding carboxylic acids is 1. The molecule has 0 spiro atoms. The Morgan fingerprint density at radius 1 is 1.11 bits per heavy atom. The number of allylic oxidation sites excluding steroid dienone is 1. The molecule has 0 saturated carbocycles. The lowest BCUT2D eigenvalue weighted by molar-refractivity contribution is -0.139. The first-order valence-electron chi connectivity index (χ1n) is 12.0. The summed E-state index contributed by atoms with van der Waals surface area (Å²) in [6.45, 7) is 8.31. The minimum Gasteiger partial charge on any atom is -0.506 e. The highest BCUT2D eigenvalue weighted by Crippen LogP contribution is 2.36. The molecule has 200 valence electrons. The van der Waals surface area contributed by atoms with Gasteiger partial charge in [-0.25, -0.2) is 9.79 Å². The summed E-state index contributed by atoms with van der Waals surface area (Å²) in [6.07, 6.45) is 1.66. The average molecular weight is 760 g/mol. The van der Waals surface area contributed by atoms with Crippen LogP contribution in [0.3, 0.4) is 0 Å². The SMILES string of the molecule is CCOC(=O)C1=C(C)N=c2s/c(=C\c3cc(I)cc(I)c3O)c(=O)n2[C@H]1c1ccc(OCC)c(OCC)c1. The second-order valence-electron chi connectivity index (χ2n) is 8.20. The number of aromatic hydroxyl groups is 1. The number of halogens is 2. The van der Waals surface area contributed by atoms with Gasteiger partial charge in [-0.05, 0) is 109 Å². The number of thiazole rings is 1. The molecule has 0 fully saturated rings. The van der Waals surface area contributed by atoms with Gasteiger partial charge >= 0.3 is 5.97 Å². The van der Waals surface area contributed by atoms with Crippen molar-refractivity contribution in [3.05, 3.63) is 79.6 Å². The van der Waals surface area contributed by atoms with E-state index < -0.39 is 12.0 Å². The Kier molecular flexibility index (Phi) is 9.19. The predicted molar refractivity (Wildman–Crippen MR) is 163 cm³/mol. The van der Waals surface area contributed by atoms with E-state index in [9.17, 15) is 14.7 Å². The Labute approximate surface area is 250 Å². The highest BCUT2D eigenvalue weighted by molar-refractivity contribution is 14.1. The third-order valence-electron chi connectivity index (χ3n) is 5.74. The van der Waals surface area contributed by atoms with E-state index in [1.54, 1.807) is 32.1 Å². The Morgan fingerprint density at radius 2 is 1.82 bits per heavy atom. The first kappa shape index (κ1) is 28.6. The zero-order valence-corrected chi connectivity index (χ0v) is 26.3. The number of esters is 1. The van der Waals surface area contributed by atoms with Crippen molar-refractivity contribution in [3.8, 4) is 17.2 Å². The van der Waals surface area contributed by atoms with E-state index in [0.717, 1.165) is 3.57 Å². The third-order valence-corrected chi connectivity index (χ3v) is 8.17. The fourth-order valence-corrected chi connectivity index (χ4v) is 7.11. The normalized spacial score (nSPS) is 15.2. The fraction of sp³-hybridized carbons (Fsp3) is 0.296. The van der Waals surface area contributed by atoms with Gasteiger partial charge in [0, 0.05) is 9.13 Å². The standard InChI is InChI=1S/C27H26I2N2O6S/c1-5-35-19-9-8-15(11-20(19)36-6-2)23-22(26(34)37-7-3)14(4)30-27-31(23)25(33)21(38-27)12-16-10-17(28)13-18(29)24(16)32/h8-13,23,32H,5-7H2,1-4H3/b21-12-/t23-/m0/s1. The lowest BCUT2D eigenvalue weighted by Crippen LogP contribution is -2.40. The molecule has 4 rings (SSSR count). The van der Waals surface area contributed by atoms with Crippen LogP contribution >= 0.6 is 56.5 Å². The number of hydrogen-bond acceptors (Lipinski definition) is 8. The maximum Gasteiger partial charge on any atom is 0.338 e. The number of aromatic nitrogens is 1. The first-order chi connectivity index (χ1) is 18.2. The second kappa shape index (κ2) is 12.2. The van der Waals surface area contributed by atoms with E-state index in [4.69, 9.17) is 14.2 Å². The summed E-state index contributed by atoms with van der Waals surface area (Å²) in [5, 5.41) is 10.6. The topological polar surface area (TPSA) is 99.4 Å². The summed E-state index contributed by atoms with van der Waals surface area (Å²) >= 11 is 5.43. The van der Waals surface area contributed by atoms with Crippen LogP contribution in [0.5, 0.6) is 17.2 Å². The average Bonchev–Trinajstić information content (AvgIpc) is 3.17. The minimum absolute atomic E-state index is 0.102. The molecule has 2 heterocycles. The Bertz CT molecular complexity index is 1610. The lowest BCUT2D eigenvalue weighted by Gasteiger charge is -2.25. The number of benzene rings is 2. The zero-order chi connectivity index (χ0) is 27.6. The summed E-state index contributed by atoms with van der Waals surface area (Å²) in [4.78, 5) is 32.1. The lowest BCUT2D eigenvalue weighted by atomic mass is 9.95. The van der Waals surface area contributed by atoms with Gasteiger partial charge in [-0.1, -0.05) is 17.4 Å². The molecule has 1 N–H and O–H groups in total. The summed E-state index contributed by atoms with van der Waals surface area (Å²) in [5.74, 6) is 0.659. The molecule has 8 nitrogen and oxygen atoms in total. The molecule has 1 aliphatic heterocycles. The number of phenols is 1. The molecule has 3 aromatic rings. The van der Waals surface area contributed by atoms with Crippen LogP contribution < -0.4 is 24.4 Å². The molecule has 1 atom stereocenters. The smallest absolute Gasteiger partial charge is 0.338 e. The quantitative estimate of drug-likeness (QED) is 0.268. The number of nitrogens with zero attached hydrogens (tertiary/aromatic N) is 2. The molecule has 2 aromatic carbocycles. The van der Waals surface area contributed by atoms with Crippen molar-refractivity contribution in [2.24, 2.45) is 4.99 Å². The highest BCUT2D eigenvalue weighted by atomic mass is 127. The van der Waals surface area contributed by atoms with Gasteiger partial charge in [0.15, 0.2) is 16.3 Å². The molecule has 1 aromatic heterocycles. The Morgan fingerprint density at radius 3 is 2.50 bits per heavy atom. The molecule has 0 aliphatic carbocycles. The van der Waals surface area contributed by atoms with Gasteiger partial charge in [0.2, 0.25) is 0 Å². The summed E-state index contributed by atoms with van der Waals surface area (Å²) < 4.78 is 20.4. The van der Waals surface area contributed by atoms with Gasteiger partial charge in [0.1, 0.15) is 5.75 Å². The summed E-state index contributed by atoms with van der Waals surface area (Å²) in [7, 11) is 0. The van der Waals surface area contributed by atoms with Crippen LogP contribution in [-0.2, 0) is 9.53 Å². The van der Waals surface area contributed by atoms with Crippen LogP contribution in [0.4, 0.5) is 0 Å². The molecule has 0 unspecified atom stereocenters. The van der Waals surface area contributed by atoms with Gasteiger partial charge in [-0.15, -0.1) is 0 Å². The maximum absolute atomic E-state index is 13.9. The van der Waals surface area contributed by atoms with E-state index in [2.05, 4.69) is 50.2 Å². The van der Waals surface area contributed by atoms with E-state index >= 15 is 0 Å². The minimum atomic E-state index is -0.785. The predicted octanol–water partition coefficient (Wildman–Crippen LogP) is 4.51. The molecule has 38 heavy (non-hydrogen) atoms. The van der Waals surface area contributed by atoms with Crippen molar-refractivity contribution < 1.29 is 24.1 Å². The largest absolute Gasteiger partial charge is 0.506 e. The van der Waals surface area contributed by atoms with Gasteiger partial charge in [-0.3, -0.25) is 9.36 Å². The van der Waals surface area contributed by atoms with Crippen LogP contribution in [-0.4, -0.2) is 35.5 Å². The van der Waals surface area contributed by atoms with Crippen molar-refractivity contribution in [2.45, 2.75) is 33.7 Å². The number of rotatable bonds is 8.